The third-order valence-corrected chi connectivity index (χ3v) is 7.69. The van der Waals surface area contributed by atoms with E-state index in [9.17, 15) is 26.4 Å². The maximum Gasteiger partial charge on any atom is 0.573 e. The van der Waals surface area contributed by atoms with Gasteiger partial charge in [-0.2, -0.15) is 0 Å². The van der Waals surface area contributed by atoms with Crippen LogP contribution < -0.4 is 14.4 Å². The minimum absolute atomic E-state index is 0.00947. The molecule has 0 aliphatic heterocycles. The summed E-state index contributed by atoms with van der Waals surface area (Å²) in [6.45, 7) is 7.20. The van der Waals surface area contributed by atoms with E-state index < -0.39 is 33.3 Å². The van der Waals surface area contributed by atoms with Crippen molar-refractivity contribution in [2.45, 2.75) is 45.9 Å². The van der Waals surface area contributed by atoms with Crippen LogP contribution >= 0.6 is 0 Å². The van der Waals surface area contributed by atoms with Crippen LogP contribution in [0.4, 0.5) is 24.5 Å². The van der Waals surface area contributed by atoms with Crippen LogP contribution in [-0.2, 0) is 16.6 Å². The molecule has 0 aliphatic carbocycles. The second-order valence-corrected chi connectivity index (χ2v) is 11.0. The fourth-order valence-electron chi connectivity index (χ4n) is 3.36. The summed E-state index contributed by atoms with van der Waals surface area (Å²) in [5, 5.41) is 1.99. The predicted molar refractivity (Wildman–Crippen MR) is 134 cm³/mol. The molecule has 0 atom stereocenters. The zero-order valence-corrected chi connectivity index (χ0v) is 21.1. The summed E-state index contributed by atoms with van der Waals surface area (Å²) < 4.78 is 68.8. The molecule has 0 spiro atoms. The van der Waals surface area contributed by atoms with Gasteiger partial charge in [-0.05, 0) is 86.8 Å². The summed E-state index contributed by atoms with van der Waals surface area (Å²) in [7, 11) is -3.63. The first-order valence-corrected chi connectivity index (χ1v) is 12.6. The molecule has 192 valence electrons. The van der Waals surface area contributed by atoms with Gasteiger partial charge in [0.1, 0.15) is 5.75 Å². The highest BCUT2D eigenvalue weighted by Gasteiger charge is 2.31. The molecule has 0 fully saturated rings. The molecule has 3 aromatic carbocycles. The summed E-state index contributed by atoms with van der Waals surface area (Å²) in [4.78, 5) is 12.5. The monoisotopic (exact) mass is 520 g/mol. The van der Waals surface area contributed by atoms with Crippen LogP contribution in [0.3, 0.4) is 0 Å². The lowest BCUT2D eigenvalue weighted by molar-refractivity contribution is -0.274. The molecule has 0 heterocycles. The SMILES string of the molecule is Cc1ccc(N(Cc2ccc(NC(=O)c3cccc(OC(F)(F)F)c3)cc2)S(=O)(=O)C(C)C)cc1C. The number of hydrogen-bond acceptors (Lipinski definition) is 4. The minimum atomic E-state index is -4.86. The van der Waals surface area contributed by atoms with Crippen molar-refractivity contribution < 1.29 is 31.1 Å². The zero-order chi connectivity index (χ0) is 26.7. The lowest BCUT2D eigenvalue weighted by Gasteiger charge is -2.27. The third kappa shape index (κ3) is 6.78. The third-order valence-electron chi connectivity index (χ3n) is 5.55. The number of nitrogens with zero attached hydrogens (tertiary/aromatic N) is 1. The standard InChI is InChI=1S/C26H27F3N2O4S/c1-17(2)36(33,34)31(23-13-8-18(3)19(4)14-23)16-20-9-11-22(12-10-20)30-25(32)21-6-5-7-24(15-21)35-26(27,28)29/h5-15,17H,16H2,1-4H3,(H,30,32). The smallest absolute Gasteiger partial charge is 0.406 e. The summed E-state index contributed by atoms with van der Waals surface area (Å²) in [5.74, 6) is -1.11. The van der Waals surface area contributed by atoms with E-state index in [-0.39, 0.29) is 12.1 Å². The molecular weight excluding hydrogens is 493 g/mol. The van der Waals surface area contributed by atoms with Gasteiger partial charge in [0.15, 0.2) is 0 Å². The van der Waals surface area contributed by atoms with Crippen molar-refractivity contribution in [2.24, 2.45) is 0 Å². The highest BCUT2D eigenvalue weighted by Crippen LogP contribution is 2.27. The van der Waals surface area contributed by atoms with E-state index in [1.165, 1.54) is 16.4 Å². The number of rotatable bonds is 8. The number of aryl methyl sites for hydroxylation is 2. The molecule has 36 heavy (non-hydrogen) atoms. The van der Waals surface area contributed by atoms with E-state index >= 15 is 0 Å². The van der Waals surface area contributed by atoms with Crippen molar-refractivity contribution in [1.82, 2.24) is 0 Å². The zero-order valence-electron chi connectivity index (χ0n) is 20.3. The average molecular weight is 521 g/mol. The topological polar surface area (TPSA) is 75.7 Å². The van der Waals surface area contributed by atoms with Crippen LogP contribution in [0.2, 0.25) is 0 Å². The largest absolute Gasteiger partial charge is 0.573 e. The molecule has 0 saturated heterocycles. The van der Waals surface area contributed by atoms with Gasteiger partial charge in [0.25, 0.3) is 5.91 Å². The minimum Gasteiger partial charge on any atom is -0.406 e. The van der Waals surface area contributed by atoms with E-state index in [0.717, 1.165) is 23.3 Å². The Morgan fingerprint density at radius 2 is 1.64 bits per heavy atom. The van der Waals surface area contributed by atoms with Gasteiger partial charge in [0, 0.05) is 11.3 Å². The molecule has 10 heteroatoms. The highest BCUT2D eigenvalue weighted by molar-refractivity contribution is 7.93. The van der Waals surface area contributed by atoms with Crippen LogP contribution in [0.5, 0.6) is 5.75 Å². The molecule has 0 radical (unpaired) electrons. The van der Waals surface area contributed by atoms with Crippen LogP contribution in [0, 0.1) is 13.8 Å². The maximum atomic E-state index is 13.1. The number of nitrogens with one attached hydrogen (secondary N) is 1. The second-order valence-electron chi connectivity index (χ2n) is 8.60. The van der Waals surface area contributed by atoms with E-state index in [0.29, 0.717) is 16.9 Å². The summed E-state index contributed by atoms with van der Waals surface area (Å²) in [5.41, 5.74) is 3.66. The highest BCUT2D eigenvalue weighted by atomic mass is 32.2. The Kier molecular flexibility index (Phi) is 7.98. The molecule has 0 saturated carbocycles. The van der Waals surface area contributed by atoms with Crippen molar-refractivity contribution in [3.8, 4) is 5.75 Å². The van der Waals surface area contributed by atoms with E-state index in [1.54, 1.807) is 44.2 Å². The van der Waals surface area contributed by atoms with Crippen molar-refractivity contribution in [3.63, 3.8) is 0 Å². The first kappa shape index (κ1) is 27.1. The van der Waals surface area contributed by atoms with Gasteiger partial charge < -0.3 is 10.1 Å². The molecule has 0 unspecified atom stereocenters. The van der Waals surface area contributed by atoms with E-state index in [1.807, 2.05) is 26.0 Å². The fourth-order valence-corrected chi connectivity index (χ4v) is 4.61. The fraction of sp³-hybridized carbons (Fsp3) is 0.269. The Hall–Kier alpha value is -3.53. The number of anilines is 2. The molecule has 0 aliphatic rings. The number of benzene rings is 3. The first-order valence-electron chi connectivity index (χ1n) is 11.1. The van der Waals surface area contributed by atoms with Crippen LogP contribution in [0.25, 0.3) is 0 Å². The Morgan fingerprint density at radius 1 is 0.972 bits per heavy atom. The number of alkyl halides is 3. The van der Waals surface area contributed by atoms with E-state index in [4.69, 9.17) is 0 Å². The Balaban J connectivity index is 1.78. The van der Waals surface area contributed by atoms with Crippen molar-refractivity contribution >= 4 is 27.3 Å². The number of amides is 1. The molecular formula is C26H27F3N2O4S. The Morgan fingerprint density at radius 3 is 2.22 bits per heavy atom. The van der Waals surface area contributed by atoms with Gasteiger partial charge in [0.05, 0.1) is 17.5 Å². The average Bonchev–Trinajstić information content (AvgIpc) is 2.79. The number of halogens is 3. The molecule has 0 aromatic heterocycles. The van der Waals surface area contributed by atoms with E-state index in [2.05, 4.69) is 10.1 Å². The molecule has 3 aromatic rings. The van der Waals surface area contributed by atoms with Gasteiger partial charge in [-0.15, -0.1) is 13.2 Å². The van der Waals surface area contributed by atoms with Gasteiger partial charge in [-0.3, -0.25) is 9.10 Å². The Labute approximate surface area is 208 Å². The normalized spacial score (nSPS) is 11.9. The van der Waals surface area contributed by atoms with Gasteiger partial charge in [-0.1, -0.05) is 24.3 Å². The van der Waals surface area contributed by atoms with Crippen LogP contribution in [0.15, 0.2) is 66.7 Å². The van der Waals surface area contributed by atoms with Crippen LogP contribution in [-0.4, -0.2) is 25.9 Å². The number of carbonyl (C=O) groups is 1. The molecule has 1 N–H and O–H groups in total. The van der Waals surface area contributed by atoms with Gasteiger partial charge in [-0.25, -0.2) is 8.42 Å². The molecule has 6 nitrogen and oxygen atoms in total. The lowest BCUT2D eigenvalue weighted by Crippen LogP contribution is -2.36. The Bertz CT molecular complexity index is 1340. The number of ether oxygens (including phenoxy) is 1. The predicted octanol–water partition coefficient (Wildman–Crippen LogP) is 6.20. The maximum absolute atomic E-state index is 13.1. The van der Waals surface area contributed by atoms with Gasteiger partial charge >= 0.3 is 6.36 Å². The number of sulfonamides is 1. The quantitative estimate of drug-likeness (QED) is 0.384. The first-order chi connectivity index (χ1) is 16.8. The van der Waals surface area contributed by atoms with Crippen molar-refractivity contribution in [3.05, 3.63) is 89.0 Å². The summed E-state index contributed by atoms with van der Waals surface area (Å²) in [6, 6.07) is 16.8. The number of carbonyl (C=O) groups excluding carboxylic acids is 1. The van der Waals surface area contributed by atoms with Crippen molar-refractivity contribution in [2.75, 3.05) is 9.62 Å². The van der Waals surface area contributed by atoms with Crippen LogP contribution in [0.1, 0.15) is 40.9 Å². The number of hydrogen-bond donors (Lipinski definition) is 1. The lowest BCUT2D eigenvalue weighted by atomic mass is 10.1. The van der Waals surface area contributed by atoms with Gasteiger partial charge in [0.2, 0.25) is 10.0 Å². The second kappa shape index (κ2) is 10.6. The molecule has 0 bridgehead atoms. The molecule has 3 rings (SSSR count). The van der Waals surface area contributed by atoms with Crippen molar-refractivity contribution in [1.29, 1.82) is 0 Å². The summed E-state index contributed by atoms with van der Waals surface area (Å²) >= 11 is 0. The summed E-state index contributed by atoms with van der Waals surface area (Å²) in [6.07, 6.45) is -4.86. The molecule has 1 amide bonds.